The number of nitro benzene ring substituents is 1. The lowest BCUT2D eigenvalue weighted by Gasteiger charge is -2.39. The van der Waals surface area contributed by atoms with E-state index in [9.17, 15) is 25.4 Å². The quantitative estimate of drug-likeness (QED) is 0.423. The van der Waals surface area contributed by atoms with Gasteiger partial charge in [0, 0.05) is 12.1 Å². The molecule has 122 valence electrons. The molecule has 1 saturated heterocycles. The first-order chi connectivity index (χ1) is 10.3. The molecular formula is C12H14ClNO8. The molecule has 0 bridgehead atoms. The molecule has 0 aromatic heterocycles. The van der Waals surface area contributed by atoms with Gasteiger partial charge in [0.05, 0.1) is 16.6 Å². The fraction of sp³-hybridized carbons (Fsp3) is 0.500. The highest BCUT2D eigenvalue weighted by atomic mass is 35.5. The van der Waals surface area contributed by atoms with Crippen LogP contribution in [0.4, 0.5) is 5.69 Å². The number of nitrogens with zero attached hydrogens (tertiary/aromatic N) is 1. The van der Waals surface area contributed by atoms with Gasteiger partial charge in [-0.25, -0.2) is 0 Å². The largest absolute Gasteiger partial charge is 0.460 e. The van der Waals surface area contributed by atoms with E-state index in [-0.39, 0.29) is 16.5 Å². The van der Waals surface area contributed by atoms with Gasteiger partial charge in [0.2, 0.25) is 6.29 Å². The molecule has 1 heterocycles. The monoisotopic (exact) mass is 335 g/mol. The maximum Gasteiger partial charge on any atom is 0.271 e. The van der Waals surface area contributed by atoms with Crippen molar-refractivity contribution in [1.29, 1.82) is 0 Å². The predicted octanol–water partition coefficient (Wildman–Crippen LogP) is -0.573. The second kappa shape index (κ2) is 6.73. The number of hydrogen-bond donors (Lipinski definition) is 4. The molecule has 1 aliphatic rings. The zero-order valence-electron chi connectivity index (χ0n) is 11.1. The number of aliphatic hydroxyl groups is 4. The summed E-state index contributed by atoms with van der Waals surface area (Å²) in [7, 11) is 0. The van der Waals surface area contributed by atoms with Gasteiger partial charge in [-0.05, 0) is 6.07 Å². The van der Waals surface area contributed by atoms with Crippen molar-refractivity contribution >= 4 is 17.3 Å². The third kappa shape index (κ3) is 3.29. The van der Waals surface area contributed by atoms with Crippen LogP contribution >= 0.6 is 11.6 Å². The number of hydrogen-bond acceptors (Lipinski definition) is 8. The molecular weight excluding hydrogens is 322 g/mol. The zero-order chi connectivity index (χ0) is 16.4. The van der Waals surface area contributed by atoms with Crippen molar-refractivity contribution in [1.82, 2.24) is 0 Å². The maximum absolute atomic E-state index is 10.6. The fourth-order valence-electron chi connectivity index (χ4n) is 1.99. The average Bonchev–Trinajstić information content (AvgIpc) is 2.49. The molecule has 9 nitrogen and oxygen atoms in total. The van der Waals surface area contributed by atoms with E-state index in [0.29, 0.717) is 0 Å². The van der Waals surface area contributed by atoms with Gasteiger partial charge in [-0.3, -0.25) is 10.1 Å². The molecule has 1 fully saturated rings. The molecule has 1 aliphatic heterocycles. The lowest BCUT2D eigenvalue weighted by atomic mass is 9.99. The van der Waals surface area contributed by atoms with Crippen LogP contribution in [0.1, 0.15) is 0 Å². The minimum atomic E-state index is -1.59. The van der Waals surface area contributed by atoms with Crippen LogP contribution in [0.3, 0.4) is 0 Å². The Morgan fingerprint density at radius 2 is 1.95 bits per heavy atom. The lowest BCUT2D eigenvalue weighted by molar-refractivity contribution is -0.384. The van der Waals surface area contributed by atoms with Gasteiger partial charge in [0.15, 0.2) is 0 Å². The first-order valence-electron chi connectivity index (χ1n) is 6.26. The van der Waals surface area contributed by atoms with Gasteiger partial charge >= 0.3 is 0 Å². The highest BCUT2D eigenvalue weighted by molar-refractivity contribution is 6.32. The van der Waals surface area contributed by atoms with Gasteiger partial charge in [-0.1, -0.05) is 11.6 Å². The highest BCUT2D eigenvalue weighted by Crippen LogP contribution is 2.31. The Kier molecular flexibility index (Phi) is 5.16. The molecule has 10 heteroatoms. The van der Waals surface area contributed by atoms with Crippen LogP contribution in [0.15, 0.2) is 18.2 Å². The van der Waals surface area contributed by atoms with E-state index in [1.807, 2.05) is 0 Å². The van der Waals surface area contributed by atoms with Crippen molar-refractivity contribution in [2.45, 2.75) is 30.7 Å². The summed E-state index contributed by atoms with van der Waals surface area (Å²) < 4.78 is 10.4. The van der Waals surface area contributed by atoms with Crippen molar-refractivity contribution in [2.24, 2.45) is 0 Å². The van der Waals surface area contributed by atoms with E-state index in [1.165, 1.54) is 6.07 Å². The summed E-state index contributed by atoms with van der Waals surface area (Å²) in [6.07, 6.45) is -7.22. The van der Waals surface area contributed by atoms with Crippen LogP contribution in [-0.2, 0) is 4.74 Å². The molecule has 1 aromatic rings. The Balaban J connectivity index is 2.17. The Morgan fingerprint density at radius 3 is 2.50 bits per heavy atom. The summed E-state index contributed by atoms with van der Waals surface area (Å²) in [6.45, 7) is -0.598. The van der Waals surface area contributed by atoms with Crippen LogP contribution in [0.25, 0.3) is 0 Å². The molecule has 0 unspecified atom stereocenters. The number of ether oxygens (including phenoxy) is 2. The SMILES string of the molecule is O=[N+]([O-])c1ccc(O[C@@H]2O[C@H](CO)[C@H](O)[C@@H](O)[C@H]2O)c(Cl)c1. The average molecular weight is 336 g/mol. The number of halogens is 1. The van der Waals surface area contributed by atoms with Gasteiger partial charge in [0.25, 0.3) is 5.69 Å². The van der Waals surface area contributed by atoms with Crippen molar-refractivity contribution in [3.05, 3.63) is 33.3 Å². The normalized spacial score (nSPS) is 31.8. The molecule has 2 rings (SSSR count). The van der Waals surface area contributed by atoms with Crippen molar-refractivity contribution < 1.29 is 34.8 Å². The number of non-ortho nitro benzene ring substituents is 1. The Hall–Kier alpha value is -1.49. The van der Waals surface area contributed by atoms with Crippen LogP contribution in [0.5, 0.6) is 5.75 Å². The van der Waals surface area contributed by atoms with Crippen LogP contribution < -0.4 is 4.74 Å². The smallest absolute Gasteiger partial charge is 0.271 e. The Labute approximate surface area is 129 Å². The Morgan fingerprint density at radius 1 is 1.27 bits per heavy atom. The van der Waals surface area contributed by atoms with Crippen LogP contribution in [0, 0.1) is 10.1 Å². The third-order valence-electron chi connectivity index (χ3n) is 3.22. The molecule has 0 amide bonds. The summed E-state index contributed by atoms with van der Waals surface area (Å²) in [6, 6.07) is 3.41. The first-order valence-corrected chi connectivity index (χ1v) is 6.64. The van der Waals surface area contributed by atoms with Gasteiger partial charge < -0.3 is 29.9 Å². The number of rotatable bonds is 4. The van der Waals surface area contributed by atoms with Crippen molar-refractivity contribution in [3.8, 4) is 5.75 Å². The van der Waals surface area contributed by atoms with Crippen molar-refractivity contribution in [3.63, 3.8) is 0 Å². The number of nitro groups is 1. The number of benzene rings is 1. The summed E-state index contributed by atoms with van der Waals surface area (Å²) in [5, 5.41) is 48.7. The van der Waals surface area contributed by atoms with E-state index in [2.05, 4.69) is 0 Å². The second-order valence-electron chi connectivity index (χ2n) is 4.69. The molecule has 0 aliphatic carbocycles. The third-order valence-corrected chi connectivity index (χ3v) is 3.51. The highest BCUT2D eigenvalue weighted by Gasteiger charge is 2.44. The summed E-state index contributed by atoms with van der Waals surface area (Å²) in [5.41, 5.74) is -0.244. The lowest BCUT2D eigenvalue weighted by Crippen LogP contribution is -2.60. The van der Waals surface area contributed by atoms with Crippen LogP contribution in [0.2, 0.25) is 5.02 Å². The minimum absolute atomic E-state index is 0.0170. The molecule has 1 aromatic carbocycles. The van der Waals surface area contributed by atoms with E-state index in [0.717, 1.165) is 12.1 Å². The standard InChI is InChI=1S/C12H14ClNO8/c13-6-3-5(14(19)20)1-2-7(6)21-12-11(18)10(17)9(16)8(4-15)22-12/h1-3,8-12,15-18H,4H2/t8-,9+,10-,11-,12-/m1/s1. The maximum atomic E-state index is 10.6. The van der Waals surface area contributed by atoms with Crippen molar-refractivity contribution in [2.75, 3.05) is 6.61 Å². The second-order valence-corrected chi connectivity index (χ2v) is 5.09. The topological polar surface area (TPSA) is 143 Å². The molecule has 22 heavy (non-hydrogen) atoms. The summed E-state index contributed by atoms with van der Waals surface area (Å²) >= 11 is 5.85. The number of aliphatic hydroxyl groups excluding tert-OH is 4. The van der Waals surface area contributed by atoms with E-state index >= 15 is 0 Å². The Bertz CT molecular complexity index is 554. The molecule has 0 saturated carbocycles. The van der Waals surface area contributed by atoms with Gasteiger partial charge in [-0.2, -0.15) is 0 Å². The van der Waals surface area contributed by atoms with Crippen LogP contribution in [-0.4, -0.2) is 62.7 Å². The molecule has 0 spiro atoms. The molecule has 0 radical (unpaired) electrons. The van der Waals surface area contributed by atoms with Gasteiger partial charge in [0.1, 0.15) is 30.2 Å². The predicted molar refractivity (Wildman–Crippen MR) is 72.5 cm³/mol. The van der Waals surface area contributed by atoms with E-state index in [1.54, 1.807) is 0 Å². The fourth-order valence-corrected chi connectivity index (χ4v) is 2.21. The van der Waals surface area contributed by atoms with E-state index in [4.69, 9.17) is 26.2 Å². The van der Waals surface area contributed by atoms with Gasteiger partial charge in [-0.15, -0.1) is 0 Å². The zero-order valence-corrected chi connectivity index (χ0v) is 11.8. The minimum Gasteiger partial charge on any atom is -0.460 e. The van der Waals surface area contributed by atoms with E-state index < -0.39 is 42.2 Å². The summed E-state index contributed by atoms with van der Waals surface area (Å²) in [4.78, 5) is 9.98. The molecule has 5 atom stereocenters. The summed E-state index contributed by atoms with van der Waals surface area (Å²) in [5.74, 6) is -0.0170. The first kappa shape index (κ1) is 16.9. The molecule has 4 N–H and O–H groups in total.